The van der Waals surface area contributed by atoms with Gasteiger partial charge in [-0.1, -0.05) is 6.92 Å². The van der Waals surface area contributed by atoms with Gasteiger partial charge in [-0.3, -0.25) is 0 Å². The molecule has 0 fully saturated rings. The van der Waals surface area contributed by atoms with Gasteiger partial charge in [-0.25, -0.2) is 0 Å². The highest BCUT2D eigenvalue weighted by Gasteiger charge is 1.96. The Labute approximate surface area is 55.8 Å². The van der Waals surface area contributed by atoms with E-state index in [-0.39, 0.29) is 0 Å². The van der Waals surface area contributed by atoms with E-state index in [1.54, 1.807) is 12.2 Å². The lowest BCUT2D eigenvalue weighted by atomic mass is 10.4. The van der Waals surface area contributed by atoms with Crippen LogP contribution in [0.5, 0.6) is 0 Å². The fourth-order valence-corrected chi connectivity index (χ4v) is 0.553. The monoisotopic (exact) mass is 128 g/mol. The van der Waals surface area contributed by atoms with Gasteiger partial charge in [0.2, 0.25) is 0 Å². The summed E-state index contributed by atoms with van der Waals surface area (Å²) >= 11 is 0. The summed E-state index contributed by atoms with van der Waals surface area (Å²) in [6, 6.07) is 2.05. The summed E-state index contributed by atoms with van der Waals surface area (Å²) in [5.74, 6) is 0. The molecule has 0 aliphatic heterocycles. The Morgan fingerprint density at radius 3 is 2.67 bits per heavy atom. The van der Waals surface area contributed by atoms with E-state index in [0.717, 1.165) is 6.54 Å². The Kier molecular flexibility index (Phi) is 5.18. The van der Waals surface area contributed by atoms with Crippen LogP contribution in [0.1, 0.15) is 13.3 Å². The molecule has 0 heterocycles. The fourth-order valence-electron chi connectivity index (χ4n) is 0.553. The van der Waals surface area contributed by atoms with Crippen LogP contribution in [0.25, 0.3) is 0 Å². The van der Waals surface area contributed by atoms with Crippen molar-refractivity contribution in [2.45, 2.75) is 13.3 Å². The van der Waals surface area contributed by atoms with Gasteiger partial charge < -0.3 is 4.84 Å². The van der Waals surface area contributed by atoms with Crippen LogP contribution in [-0.2, 0) is 4.84 Å². The van der Waals surface area contributed by atoms with Crippen LogP contribution >= 0.6 is 0 Å². The van der Waals surface area contributed by atoms with Crippen molar-refractivity contribution < 1.29 is 4.84 Å². The van der Waals surface area contributed by atoms with E-state index in [9.17, 15) is 0 Å². The number of rotatable bonds is 4. The van der Waals surface area contributed by atoms with Gasteiger partial charge in [0.1, 0.15) is 0 Å². The van der Waals surface area contributed by atoms with E-state index < -0.39 is 0 Å². The smallest absolute Gasteiger partial charge is 0.0636 e. The number of hydrogen-bond donors (Lipinski definition) is 0. The Hall–Kier alpha value is -0.590. The fraction of sp³-hybridized carbons (Fsp3) is 0.833. The maximum Gasteiger partial charge on any atom is 0.0636 e. The van der Waals surface area contributed by atoms with E-state index in [0.29, 0.717) is 13.0 Å². The molecule has 52 valence electrons. The summed E-state index contributed by atoms with van der Waals surface area (Å²) in [5.41, 5.74) is 0. The van der Waals surface area contributed by atoms with Gasteiger partial charge in [0.15, 0.2) is 0 Å². The average molecular weight is 128 g/mol. The molecule has 0 aromatic rings. The predicted molar refractivity (Wildman–Crippen MR) is 34.5 cm³/mol. The molecule has 0 radical (unpaired) electrons. The Bertz CT molecular complexity index is 93.7. The number of hydroxylamine groups is 2. The third kappa shape index (κ3) is 3.95. The number of hydrogen-bond acceptors (Lipinski definition) is 3. The minimum atomic E-state index is 0.529. The van der Waals surface area contributed by atoms with Gasteiger partial charge in [-0.05, 0) is 0 Å². The first kappa shape index (κ1) is 8.41. The predicted octanol–water partition coefficient (Wildman–Crippen LogP) is 0.783. The lowest BCUT2D eigenvalue weighted by Crippen LogP contribution is -2.22. The van der Waals surface area contributed by atoms with Crippen molar-refractivity contribution in [3.63, 3.8) is 0 Å². The molecule has 0 unspecified atom stereocenters. The molecule has 0 atom stereocenters. The summed E-state index contributed by atoms with van der Waals surface area (Å²) in [7, 11) is 1.61. The van der Waals surface area contributed by atoms with Crippen molar-refractivity contribution in [2.75, 3.05) is 20.2 Å². The molecule has 3 heteroatoms. The summed E-state index contributed by atoms with van der Waals surface area (Å²) in [6.07, 6.45) is 0.529. The number of nitrogens with zero attached hydrogens (tertiary/aromatic N) is 2. The van der Waals surface area contributed by atoms with Crippen molar-refractivity contribution in [1.29, 1.82) is 5.26 Å². The molecular formula is C6H12N2O. The second kappa shape index (κ2) is 5.54. The maximum absolute atomic E-state index is 8.17. The van der Waals surface area contributed by atoms with Gasteiger partial charge in [-0.15, -0.1) is 0 Å². The largest absolute Gasteiger partial charge is 0.302 e. The quantitative estimate of drug-likeness (QED) is 0.525. The maximum atomic E-state index is 8.17. The Morgan fingerprint density at radius 1 is 1.67 bits per heavy atom. The first-order chi connectivity index (χ1) is 4.35. The van der Waals surface area contributed by atoms with Crippen molar-refractivity contribution in [3.05, 3.63) is 0 Å². The molecule has 0 aromatic heterocycles. The van der Waals surface area contributed by atoms with Gasteiger partial charge in [0.05, 0.1) is 19.6 Å². The molecule has 0 saturated heterocycles. The second-order valence-electron chi connectivity index (χ2n) is 1.61. The van der Waals surface area contributed by atoms with Crippen LogP contribution in [-0.4, -0.2) is 25.3 Å². The van der Waals surface area contributed by atoms with Crippen LogP contribution in [0, 0.1) is 11.3 Å². The zero-order chi connectivity index (χ0) is 7.11. The molecule has 0 rings (SSSR count). The van der Waals surface area contributed by atoms with Crippen LogP contribution in [0.15, 0.2) is 0 Å². The van der Waals surface area contributed by atoms with Crippen LogP contribution in [0.3, 0.4) is 0 Å². The van der Waals surface area contributed by atoms with Crippen molar-refractivity contribution >= 4 is 0 Å². The van der Waals surface area contributed by atoms with Crippen molar-refractivity contribution in [3.8, 4) is 6.07 Å². The first-order valence-electron chi connectivity index (χ1n) is 3.01. The molecule has 0 aliphatic rings. The third-order valence-electron chi connectivity index (χ3n) is 1.08. The first-order valence-corrected chi connectivity index (χ1v) is 3.01. The zero-order valence-electron chi connectivity index (χ0n) is 5.92. The molecule has 0 amide bonds. The third-order valence-corrected chi connectivity index (χ3v) is 1.08. The molecular weight excluding hydrogens is 116 g/mol. The Morgan fingerprint density at radius 2 is 2.33 bits per heavy atom. The van der Waals surface area contributed by atoms with Gasteiger partial charge in [-0.2, -0.15) is 10.3 Å². The van der Waals surface area contributed by atoms with E-state index in [2.05, 4.69) is 0 Å². The minimum Gasteiger partial charge on any atom is -0.302 e. The summed E-state index contributed by atoms with van der Waals surface area (Å²) in [4.78, 5) is 4.88. The number of nitriles is 1. The van der Waals surface area contributed by atoms with Gasteiger partial charge >= 0.3 is 0 Å². The minimum absolute atomic E-state index is 0.529. The van der Waals surface area contributed by atoms with E-state index in [1.165, 1.54) is 0 Å². The van der Waals surface area contributed by atoms with E-state index >= 15 is 0 Å². The van der Waals surface area contributed by atoms with Crippen molar-refractivity contribution in [2.24, 2.45) is 0 Å². The van der Waals surface area contributed by atoms with Crippen molar-refractivity contribution in [1.82, 2.24) is 5.06 Å². The van der Waals surface area contributed by atoms with Crippen LogP contribution in [0.2, 0.25) is 0 Å². The molecule has 0 aliphatic carbocycles. The SMILES string of the molecule is CCN(CCC#N)OC. The molecule has 0 saturated carbocycles. The van der Waals surface area contributed by atoms with Gasteiger partial charge in [0, 0.05) is 13.1 Å². The highest BCUT2D eigenvalue weighted by Crippen LogP contribution is 1.88. The summed E-state index contributed by atoms with van der Waals surface area (Å²) < 4.78 is 0. The highest BCUT2D eigenvalue weighted by molar-refractivity contribution is 4.69. The molecule has 0 spiro atoms. The standard InChI is InChI=1S/C6H12N2O/c1-3-8(9-2)6-4-5-7/h3-4,6H2,1-2H3. The molecule has 0 N–H and O–H groups in total. The zero-order valence-corrected chi connectivity index (χ0v) is 5.92. The lowest BCUT2D eigenvalue weighted by Gasteiger charge is -2.14. The normalized spacial score (nSPS) is 9.56. The van der Waals surface area contributed by atoms with Crippen LogP contribution in [0.4, 0.5) is 0 Å². The van der Waals surface area contributed by atoms with E-state index in [1.807, 2.05) is 13.0 Å². The van der Waals surface area contributed by atoms with E-state index in [4.69, 9.17) is 10.1 Å². The molecule has 9 heavy (non-hydrogen) atoms. The van der Waals surface area contributed by atoms with Crippen LogP contribution < -0.4 is 0 Å². The van der Waals surface area contributed by atoms with Gasteiger partial charge in [0.25, 0.3) is 0 Å². The topological polar surface area (TPSA) is 36.3 Å². The average Bonchev–Trinajstić information content (AvgIpc) is 1.91. The summed E-state index contributed by atoms with van der Waals surface area (Å²) in [5, 5.41) is 9.91. The molecule has 3 nitrogen and oxygen atoms in total. The highest BCUT2D eigenvalue weighted by atomic mass is 16.7. The summed E-state index contributed by atoms with van der Waals surface area (Å²) in [6.45, 7) is 3.52. The lowest BCUT2D eigenvalue weighted by molar-refractivity contribution is -0.125. The Balaban J connectivity index is 3.22. The molecule has 0 aromatic carbocycles. The second-order valence-corrected chi connectivity index (χ2v) is 1.61. The molecule has 0 bridgehead atoms.